The smallest absolute Gasteiger partial charge is 0.326 e. The van der Waals surface area contributed by atoms with Crippen LogP contribution in [0.2, 0.25) is 0 Å². The molecule has 0 fully saturated rings. The molecule has 2 amide bonds. The van der Waals surface area contributed by atoms with E-state index >= 15 is 0 Å². The van der Waals surface area contributed by atoms with Crippen molar-refractivity contribution in [2.75, 3.05) is 0 Å². The summed E-state index contributed by atoms with van der Waals surface area (Å²) in [6, 6.07) is 3.54. The summed E-state index contributed by atoms with van der Waals surface area (Å²) in [6.07, 6.45) is 0. The van der Waals surface area contributed by atoms with Gasteiger partial charge in [0.1, 0.15) is 12.1 Å². The van der Waals surface area contributed by atoms with Crippen molar-refractivity contribution < 1.29 is 29.4 Å². The Hall–Kier alpha value is -2.90. The van der Waals surface area contributed by atoms with Crippen LogP contribution < -0.4 is 10.6 Å². The van der Waals surface area contributed by atoms with Crippen LogP contribution >= 0.6 is 0 Å². The number of carbonyl (C=O) groups excluding carboxylic acids is 2. The lowest BCUT2D eigenvalue weighted by Crippen LogP contribution is -2.45. The quantitative estimate of drug-likeness (QED) is 0.550. The van der Waals surface area contributed by atoms with Crippen LogP contribution in [-0.2, 0) is 9.59 Å². The molecule has 1 rings (SSSR count). The molecule has 1 aromatic rings. The minimum absolute atomic E-state index is 0.112. The zero-order valence-electron chi connectivity index (χ0n) is 15.1. The van der Waals surface area contributed by atoms with E-state index in [0.717, 1.165) is 0 Å². The van der Waals surface area contributed by atoms with Crippen molar-refractivity contribution in [1.82, 2.24) is 10.6 Å². The summed E-state index contributed by atoms with van der Waals surface area (Å²) < 4.78 is 0. The van der Waals surface area contributed by atoms with Crippen LogP contribution in [-0.4, -0.2) is 46.0 Å². The molecule has 2 atom stereocenters. The maximum atomic E-state index is 12.3. The fraction of sp³-hybridized carbons (Fsp3) is 0.444. The first-order valence-electron chi connectivity index (χ1n) is 8.22. The van der Waals surface area contributed by atoms with Gasteiger partial charge in [-0.2, -0.15) is 0 Å². The predicted octanol–water partition coefficient (Wildman–Crippen LogP) is 1.36. The van der Waals surface area contributed by atoms with Crippen molar-refractivity contribution in [2.45, 2.75) is 39.8 Å². The van der Waals surface area contributed by atoms with Gasteiger partial charge in [-0.25, -0.2) is 9.59 Å². The highest BCUT2D eigenvalue weighted by molar-refractivity contribution is 6.01. The first kappa shape index (κ1) is 21.1. The number of aliphatic carboxylic acids is 2. The highest BCUT2D eigenvalue weighted by Gasteiger charge is 2.26. The zero-order chi connectivity index (χ0) is 20.0. The Morgan fingerprint density at radius 1 is 0.769 bits per heavy atom. The van der Waals surface area contributed by atoms with Crippen molar-refractivity contribution >= 4 is 23.8 Å². The molecule has 0 spiro atoms. The Balaban J connectivity index is 2.96. The summed E-state index contributed by atoms with van der Waals surface area (Å²) in [5.74, 6) is -4.18. The van der Waals surface area contributed by atoms with Crippen LogP contribution in [0.5, 0.6) is 0 Å². The number of carboxylic acid groups (broad SMARTS) is 2. The maximum Gasteiger partial charge on any atom is 0.326 e. The summed E-state index contributed by atoms with van der Waals surface area (Å²) in [6.45, 7) is 6.67. The monoisotopic (exact) mass is 364 g/mol. The Morgan fingerprint density at radius 3 is 1.38 bits per heavy atom. The Morgan fingerprint density at radius 2 is 1.12 bits per heavy atom. The minimum Gasteiger partial charge on any atom is -0.480 e. The summed E-state index contributed by atoms with van der Waals surface area (Å²) >= 11 is 0. The summed E-state index contributed by atoms with van der Waals surface area (Å²) in [4.78, 5) is 46.9. The van der Waals surface area contributed by atoms with Gasteiger partial charge in [0.2, 0.25) is 0 Å². The number of rotatable bonds is 8. The van der Waals surface area contributed by atoms with Gasteiger partial charge in [0.25, 0.3) is 11.8 Å². The van der Waals surface area contributed by atoms with E-state index in [1.807, 2.05) is 0 Å². The van der Waals surface area contributed by atoms with Crippen LogP contribution in [0.25, 0.3) is 0 Å². The van der Waals surface area contributed by atoms with Crippen molar-refractivity contribution in [3.8, 4) is 0 Å². The summed E-state index contributed by atoms with van der Waals surface area (Å²) in [5, 5.41) is 23.1. The molecule has 0 bridgehead atoms. The molecule has 4 N–H and O–H groups in total. The van der Waals surface area contributed by atoms with E-state index in [4.69, 9.17) is 10.2 Å². The normalized spacial score (nSPS) is 13.2. The molecular weight excluding hydrogens is 340 g/mol. The van der Waals surface area contributed by atoms with E-state index in [2.05, 4.69) is 10.6 Å². The largest absolute Gasteiger partial charge is 0.480 e. The molecule has 8 heteroatoms. The highest BCUT2D eigenvalue weighted by atomic mass is 16.4. The second-order valence-corrected chi connectivity index (χ2v) is 6.65. The average Bonchev–Trinajstić information content (AvgIpc) is 2.55. The van der Waals surface area contributed by atoms with Crippen molar-refractivity contribution in [3.63, 3.8) is 0 Å². The Labute approximate surface area is 151 Å². The molecule has 0 radical (unpaired) electrons. The standard InChI is InChI=1S/C18H24N2O6/c1-9(2)13(17(23)24)19-15(21)11-6-5-7-12(8-11)16(22)20-14(10(3)4)18(25)26/h5-10,13-14H,1-4H3,(H,19,21)(H,20,22)(H,23,24)(H,25,26)/t13-,14+. The van der Waals surface area contributed by atoms with Gasteiger partial charge in [-0.15, -0.1) is 0 Å². The van der Waals surface area contributed by atoms with Gasteiger partial charge in [0.05, 0.1) is 0 Å². The fourth-order valence-corrected chi connectivity index (χ4v) is 2.28. The van der Waals surface area contributed by atoms with Gasteiger partial charge >= 0.3 is 11.9 Å². The summed E-state index contributed by atoms with van der Waals surface area (Å²) in [5.41, 5.74) is 0.224. The van der Waals surface area contributed by atoms with E-state index in [1.165, 1.54) is 24.3 Å². The zero-order valence-corrected chi connectivity index (χ0v) is 15.1. The average molecular weight is 364 g/mol. The molecule has 0 unspecified atom stereocenters. The third-order valence-electron chi connectivity index (χ3n) is 3.83. The lowest BCUT2D eigenvalue weighted by Gasteiger charge is -2.19. The van der Waals surface area contributed by atoms with Crippen LogP contribution in [0, 0.1) is 11.8 Å². The third-order valence-corrected chi connectivity index (χ3v) is 3.83. The van der Waals surface area contributed by atoms with Crippen LogP contribution in [0.4, 0.5) is 0 Å². The first-order valence-corrected chi connectivity index (χ1v) is 8.22. The lowest BCUT2D eigenvalue weighted by atomic mass is 10.0. The van der Waals surface area contributed by atoms with Crippen LogP contribution in [0.15, 0.2) is 24.3 Å². The molecule has 26 heavy (non-hydrogen) atoms. The van der Waals surface area contributed by atoms with Crippen molar-refractivity contribution in [3.05, 3.63) is 35.4 Å². The van der Waals surface area contributed by atoms with Crippen molar-refractivity contribution in [1.29, 1.82) is 0 Å². The van der Waals surface area contributed by atoms with Crippen LogP contribution in [0.3, 0.4) is 0 Å². The third kappa shape index (κ3) is 5.58. The number of carboxylic acids is 2. The number of amides is 2. The minimum atomic E-state index is -1.15. The van der Waals surface area contributed by atoms with E-state index in [0.29, 0.717) is 0 Å². The van der Waals surface area contributed by atoms with Gasteiger partial charge in [-0.3, -0.25) is 9.59 Å². The van der Waals surface area contributed by atoms with E-state index in [9.17, 15) is 19.2 Å². The molecule has 0 aliphatic rings. The van der Waals surface area contributed by atoms with Gasteiger partial charge in [0.15, 0.2) is 0 Å². The van der Waals surface area contributed by atoms with Gasteiger partial charge in [-0.05, 0) is 30.0 Å². The molecule has 0 heterocycles. The number of hydrogen-bond acceptors (Lipinski definition) is 4. The van der Waals surface area contributed by atoms with Crippen LogP contribution in [0.1, 0.15) is 48.4 Å². The van der Waals surface area contributed by atoms with Crippen molar-refractivity contribution in [2.24, 2.45) is 11.8 Å². The number of hydrogen-bond donors (Lipinski definition) is 4. The molecular formula is C18H24N2O6. The lowest BCUT2D eigenvalue weighted by molar-refractivity contribution is -0.141. The SMILES string of the molecule is CC(C)[C@H](NC(=O)c1cccc(C(=O)N[C@@H](C(=O)O)C(C)C)c1)C(=O)O. The number of carbonyl (C=O) groups is 4. The van der Waals surface area contributed by atoms with Gasteiger partial charge in [-0.1, -0.05) is 33.8 Å². The molecule has 0 saturated heterocycles. The Bertz CT molecular complexity index is 643. The Kier molecular flexibility index (Phi) is 7.30. The highest BCUT2D eigenvalue weighted by Crippen LogP contribution is 2.10. The first-order chi connectivity index (χ1) is 12.0. The predicted molar refractivity (Wildman–Crippen MR) is 93.9 cm³/mol. The number of nitrogens with one attached hydrogen (secondary N) is 2. The fourth-order valence-electron chi connectivity index (χ4n) is 2.28. The molecule has 0 aromatic heterocycles. The number of benzene rings is 1. The topological polar surface area (TPSA) is 133 Å². The van der Waals surface area contributed by atoms with E-state index < -0.39 is 35.8 Å². The second-order valence-electron chi connectivity index (χ2n) is 6.65. The second kappa shape index (κ2) is 8.98. The maximum absolute atomic E-state index is 12.3. The molecule has 1 aromatic carbocycles. The molecule has 8 nitrogen and oxygen atoms in total. The molecule has 0 aliphatic heterocycles. The van der Waals surface area contributed by atoms with Gasteiger partial charge < -0.3 is 20.8 Å². The van der Waals surface area contributed by atoms with E-state index in [1.54, 1.807) is 27.7 Å². The summed E-state index contributed by atoms with van der Waals surface area (Å²) in [7, 11) is 0. The van der Waals surface area contributed by atoms with E-state index in [-0.39, 0.29) is 23.0 Å². The molecule has 0 saturated carbocycles. The molecule has 0 aliphatic carbocycles. The molecule has 142 valence electrons. The van der Waals surface area contributed by atoms with Gasteiger partial charge in [0, 0.05) is 11.1 Å².